The van der Waals surface area contributed by atoms with E-state index in [9.17, 15) is 4.79 Å². The largest absolute Gasteiger partial charge is 0.368 e. The topological polar surface area (TPSA) is 32.8 Å². The number of amides is 1. The highest BCUT2D eigenvalue weighted by atomic mass is 35.5. The van der Waals surface area contributed by atoms with Crippen molar-refractivity contribution < 1.29 is 9.53 Å². The molecule has 1 aliphatic heterocycles. The van der Waals surface area contributed by atoms with Gasteiger partial charge in [-0.05, 0) is 44.2 Å². The first-order valence-corrected chi connectivity index (χ1v) is 9.33. The SMILES string of the molecule is CC(OCC1CC1)C(=O)N1CCN(C(C)c2ccccc2Cl)CC1. The summed E-state index contributed by atoms with van der Waals surface area (Å²) in [5, 5.41) is 0.811. The van der Waals surface area contributed by atoms with Crippen LogP contribution in [0.1, 0.15) is 38.3 Å². The van der Waals surface area contributed by atoms with Gasteiger partial charge in [-0.2, -0.15) is 0 Å². The van der Waals surface area contributed by atoms with Gasteiger partial charge in [0.2, 0.25) is 0 Å². The quantitative estimate of drug-likeness (QED) is 0.788. The van der Waals surface area contributed by atoms with Crippen LogP contribution in [0.2, 0.25) is 5.02 Å². The maximum atomic E-state index is 12.5. The molecule has 0 N–H and O–H groups in total. The lowest BCUT2D eigenvalue weighted by Crippen LogP contribution is -2.51. The summed E-state index contributed by atoms with van der Waals surface area (Å²) < 4.78 is 5.72. The molecule has 1 aromatic carbocycles. The summed E-state index contributed by atoms with van der Waals surface area (Å²) in [5.41, 5.74) is 1.15. The van der Waals surface area contributed by atoms with Crippen LogP contribution in [-0.4, -0.2) is 54.6 Å². The molecule has 1 aliphatic carbocycles. The van der Waals surface area contributed by atoms with Crippen molar-refractivity contribution in [2.45, 2.75) is 38.8 Å². The zero-order valence-corrected chi connectivity index (χ0v) is 15.3. The van der Waals surface area contributed by atoms with Crippen molar-refractivity contribution in [3.8, 4) is 0 Å². The van der Waals surface area contributed by atoms with E-state index in [4.69, 9.17) is 16.3 Å². The monoisotopic (exact) mass is 350 g/mol. The second kappa shape index (κ2) is 7.85. The summed E-state index contributed by atoms with van der Waals surface area (Å²) in [6.45, 7) is 8.04. The second-order valence-corrected chi connectivity index (χ2v) is 7.38. The van der Waals surface area contributed by atoms with Gasteiger partial charge in [-0.1, -0.05) is 29.8 Å². The second-order valence-electron chi connectivity index (χ2n) is 6.98. The predicted molar refractivity (Wildman–Crippen MR) is 96.2 cm³/mol. The van der Waals surface area contributed by atoms with E-state index in [2.05, 4.69) is 17.9 Å². The van der Waals surface area contributed by atoms with Gasteiger partial charge in [-0.3, -0.25) is 9.69 Å². The summed E-state index contributed by atoms with van der Waals surface area (Å²) in [4.78, 5) is 16.8. The Labute approximate surface area is 149 Å². The van der Waals surface area contributed by atoms with Crippen molar-refractivity contribution in [2.75, 3.05) is 32.8 Å². The molecule has 2 unspecified atom stereocenters. The minimum Gasteiger partial charge on any atom is -0.368 e. The van der Waals surface area contributed by atoms with Crippen LogP contribution in [0.25, 0.3) is 0 Å². The highest BCUT2D eigenvalue weighted by Gasteiger charge is 2.29. The van der Waals surface area contributed by atoms with Gasteiger partial charge in [0.15, 0.2) is 0 Å². The first kappa shape index (κ1) is 17.7. The molecule has 1 heterocycles. The van der Waals surface area contributed by atoms with Crippen molar-refractivity contribution in [1.29, 1.82) is 0 Å². The molecule has 2 aliphatic rings. The van der Waals surface area contributed by atoms with E-state index >= 15 is 0 Å². The average molecular weight is 351 g/mol. The van der Waals surface area contributed by atoms with Crippen LogP contribution in [0.5, 0.6) is 0 Å². The minimum atomic E-state index is -0.321. The number of piperazine rings is 1. The molecular formula is C19H27ClN2O2. The van der Waals surface area contributed by atoms with Gasteiger partial charge in [-0.15, -0.1) is 0 Å². The van der Waals surface area contributed by atoms with E-state index in [0.29, 0.717) is 5.92 Å². The van der Waals surface area contributed by atoms with Gasteiger partial charge in [-0.25, -0.2) is 0 Å². The summed E-state index contributed by atoms with van der Waals surface area (Å²) in [5.74, 6) is 0.814. The van der Waals surface area contributed by atoms with E-state index in [-0.39, 0.29) is 18.1 Å². The molecule has 24 heavy (non-hydrogen) atoms. The number of hydrogen-bond acceptors (Lipinski definition) is 3. The molecule has 1 aromatic rings. The van der Waals surface area contributed by atoms with Gasteiger partial charge in [0.05, 0.1) is 6.61 Å². The van der Waals surface area contributed by atoms with Gasteiger partial charge >= 0.3 is 0 Å². The smallest absolute Gasteiger partial charge is 0.251 e. The average Bonchev–Trinajstić information content (AvgIpc) is 3.43. The number of ether oxygens (including phenoxy) is 1. The van der Waals surface area contributed by atoms with Crippen molar-refractivity contribution >= 4 is 17.5 Å². The Morgan fingerprint density at radius 1 is 1.21 bits per heavy atom. The fraction of sp³-hybridized carbons (Fsp3) is 0.632. The van der Waals surface area contributed by atoms with Crippen LogP contribution < -0.4 is 0 Å². The Bertz CT molecular complexity index is 568. The van der Waals surface area contributed by atoms with Crippen molar-refractivity contribution in [3.05, 3.63) is 34.9 Å². The number of benzene rings is 1. The molecule has 2 atom stereocenters. The molecule has 2 fully saturated rings. The molecule has 1 saturated carbocycles. The summed E-state index contributed by atoms with van der Waals surface area (Å²) in [6, 6.07) is 8.26. The van der Waals surface area contributed by atoms with Crippen LogP contribution in [0, 0.1) is 5.92 Å². The van der Waals surface area contributed by atoms with E-state index < -0.39 is 0 Å². The summed E-state index contributed by atoms with van der Waals surface area (Å²) in [6.07, 6.45) is 2.18. The standard InChI is InChI=1S/C19H27ClN2O2/c1-14(17-5-3-4-6-18(17)20)21-9-11-22(12-10-21)19(23)15(2)24-13-16-7-8-16/h3-6,14-16H,7-13H2,1-2H3. The van der Waals surface area contributed by atoms with Crippen LogP contribution >= 0.6 is 11.6 Å². The number of rotatable bonds is 6. The Morgan fingerprint density at radius 2 is 1.88 bits per heavy atom. The zero-order chi connectivity index (χ0) is 17.1. The molecule has 1 amide bonds. The van der Waals surface area contributed by atoms with Crippen LogP contribution in [0.4, 0.5) is 0 Å². The Morgan fingerprint density at radius 3 is 2.50 bits per heavy atom. The van der Waals surface area contributed by atoms with Gasteiger partial charge in [0.1, 0.15) is 6.10 Å². The lowest BCUT2D eigenvalue weighted by molar-refractivity contribution is -0.145. The third kappa shape index (κ3) is 4.29. The van der Waals surface area contributed by atoms with Crippen molar-refractivity contribution in [3.63, 3.8) is 0 Å². The van der Waals surface area contributed by atoms with Crippen molar-refractivity contribution in [1.82, 2.24) is 9.80 Å². The van der Waals surface area contributed by atoms with Crippen LogP contribution in [0.15, 0.2) is 24.3 Å². The molecule has 5 heteroatoms. The van der Waals surface area contributed by atoms with E-state index in [1.165, 1.54) is 12.8 Å². The maximum absolute atomic E-state index is 12.5. The molecule has 132 valence electrons. The minimum absolute atomic E-state index is 0.126. The van der Waals surface area contributed by atoms with Crippen LogP contribution in [-0.2, 0) is 9.53 Å². The highest BCUT2D eigenvalue weighted by Crippen LogP contribution is 2.30. The van der Waals surface area contributed by atoms with E-state index in [1.807, 2.05) is 30.0 Å². The number of nitrogens with zero attached hydrogens (tertiary/aromatic N) is 2. The molecule has 0 spiro atoms. The Kier molecular flexibility index (Phi) is 5.80. The molecule has 0 radical (unpaired) electrons. The molecule has 1 saturated heterocycles. The summed E-state index contributed by atoms with van der Waals surface area (Å²) >= 11 is 6.32. The fourth-order valence-corrected chi connectivity index (χ4v) is 3.53. The third-order valence-corrected chi connectivity index (χ3v) is 5.50. The molecular weight excluding hydrogens is 324 g/mol. The molecule has 0 bridgehead atoms. The first-order valence-electron chi connectivity index (χ1n) is 8.95. The number of carbonyl (C=O) groups is 1. The van der Waals surface area contributed by atoms with E-state index in [0.717, 1.165) is 43.4 Å². The summed E-state index contributed by atoms with van der Waals surface area (Å²) in [7, 11) is 0. The van der Waals surface area contributed by atoms with Crippen molar-refractivity contribution in [2.24, 2.45) is 5.92 Å². The van der Waals surface area contributed by atoms with Gasteiger partial charge in [0.25, 0.3) is 5.91 Å². The molecule has 3 rings (SSSR count). The highest BCUT2D eigenvalue weighted by molar-refractivity contribution is 6.31. The van der Waals surface area contributed by atoms with E-state index in [1.54, 1.807) is 0 Å². The predicted octanol–water partition coefficient (Wildman–Crippen LogP) is 3.36. The fourth-order valence-electron chi connectivity index (χ4n) is 3.23. The normalized spacial score (nSPS) is 21.5. The molecule has 0 aromatic heterocycles. The third-order valence-electron chi connectivity index (χ3n) is 5.16. The number of carbonyl (C=O) groups excluding carboxylic acids is 1. The Hall–Kier alpha value is -1.10. The number of halogens is 1. The van der Waals surface area contributed by atoms with Gasteiger partial charge < -0.3 is 9.64 Å². The Balaban J connectivity index is 1.49. The lowest BCUT2D eigenvalue weighted by Gasteiger charge is -2.39. The van der Waals surface area contributed by atoms with Crippen LogP contribution in [0.3, 0.4) is 0 Å². The number of hydrogen-bond donors (Lipinski definition) is 0. The zero-order valence-electron chi connectivity index (χ0n) is 14.6. The maximum Gasteiger partial charge on any atom is 0.251 e. The van der Waals surface area contributed by atoms with Gasteiger partial charge in [0, 0.05) is 37.2 Å². The lowest BCUT2D eigenvalue weighted by atomic mass is 10.1. The first-order chi connectivity index (χ1) is 11.6. The molecule has 4 nitrogen and oxygen atoms in total.